The van der Waals surface area contributed by atoms with Gasteiger partial charge in [0.25, 0.3) is 0 Å². The molecule has 118 valence electrons. The summed E-state index contributed by atoms with van der Waals surface area (Å²) in [5.74, 6) is -2.81. The first-order valence-electron chi connectivity index (χ1n) is 6.70. The summed E-state index contributed by atoms with van der Waals surface area (Å²) in [6.45, 7) is -0.231. The van der Waals surface area contributed by atoms with Crippen LogP contribution in [0.4, 0.5) is 14.5 Å². The molecule has 4 N–H and O–H groups in total. The van der Waals surface area contributed by atoms with Gasteiger partial charge in [0.15, 0.2) is 11.6 Å². The first kappa shape index (κ1) is 16.1. The highest BCUT2D eigenvalue weighted by atomic mass is 32.2. The quantitative estimate of drug-likeness (QED) is 0.733. The van der Waals surface area contributed by atoms with Crippen molar-refractivity contribution in [1.29, 1.82) is 0 Å². The van der Waals surface area contributed by atoms with Crippen LogP contribution < -0.4 is 10.5 Å². The standard InChI is InChI=1S/C13H18F2N2O3S/c14-10-6-9(16)7-11(12(10)15)21(19,20)17-8-13(18)4-2-1-3-5-13/h6-7,17-18H,1-5,8,16H2. The normalized spacial score (nSPS) is 18.6. The molecule has 0 atom stereocenters. The minimum absolute atomic E-state index is 0.189. The fourth-order valence-corrected chi connectivity index (χ4v) is 3.71. The second-order valence-corrected chi connectivity index (χ2v) is 7.16. The summed E-state index contributed by atoms with van der Waals surface area (Å²) in [4.78, 5) is -0.848. The van der Waals surface area contributed by atoms with Gasteiger partial charge in [-0.1, -0.05) is 19.3 Å². The number of hydrogen-bond acceptors (Lipinski definition) is 4. The van der Waals surface area contributed by atoms with Crippen molar-refractivity contribution in [3.8, 4) is 0 Å². The fourth-order valence-electron chi connectivity index (χ4n) is 2.47. The number of nitrogens with two attached hydrogens (primary N) is 1. The Morgan fingerprint density at radius 1 is 1.24 bits per heavy atom. The maximum atomic E-state index is 13.6. The number of benzene rings is 1. The molecule has 1 aliphatic carbocycles. The maximum Gasteiger partial charge on any atom is 0.243 e. The van der Waals surface area contributed by atoms with Crippen LogP contribution in [0.15, 0.2) is 17.0 Å². The van der Waals surface area contributed by atoms with Crippen molar-refractivity contribution in [1.82, 2.24) is 4.72 Å². The Morgan fingerprint density at radius 2 is 1.86 bits per heavy atom. The molecule has 0 amide bonds. The molecule has 1 aliphatic rings. The number of hydrogen-bond donors (Lipinski definition) is 3. The zero-order valence-corrected chi connectivity index (χ0v) is 12.2. The molecule has 2 rings (SSSR count). The van der Waals surface area contributed by atoms with Crippen molar-refractivity contribution in [3.63, 3.8) is 0 Å². The van der Waals surface area contributed by atoms with Crippen LogP contribution in [0.2, 0.25) is 0 Å². The molecule has 0 saturated heterocycles. The van der Waals surface area contributed by atoms with Gasteiger partial charge in [0, 0.05) is 12.2 Å². The van der Waals surface area contributed by atoms with E-state index in [-0.39, 0.29) is 12.2 Å². The molecular weight excluding hydrogens is 302 g/mol. The number of halogens is 2. The van der Waals surface area contributed by atoms with Gasteiger partial charge >= 0.3 is 0 Å². The van der Waals surface area contributed by atoms with Crippen LogP contribution in [0.25, 0.3) is 0 Å². The fraction of sp³-hybridized carbons (Fsp3) is 0.538. The van der Waals surface area contributed by atoms with Crippen LogP contribution in [0.1, 0.15) is 32.1 Å². The molecule has 0 aliphatic heterocycles. The van der Waals surface area contributed by atoms with E-state index in [4.69, 9.17) is 5.73 Å². The molecular formula is C13H18F2N2O3S. The van der Waals surface area contributed by atoms with E-state index in [9.17, 15) is 22.3 Å². The van der Waals surface area contributed by atoms with Gasteiger partial charge in [-0.2, -0.15) is 0 Å². The number of aliphatic hydroxyl groups is 1. The minimum atomic E-state index is -4.28. The zero-order chi connectivity index (χ0) is 15.7. The predicted molar refractivity (Wildman–Crippen MR) is 74.0 cm³/mol. The lowest BCUT2D eigenvalue weighted by molar-refractivity contribution is 0.00944. The first-order valence-corrected chi connectivity index (χ1v) is 8.18. The van der Waals surface area contributed by atoms with E-state index in [1.165, 1.54) is 0 Å². The topological polar surface area (TPSA) is 92.4 Å². The van der Waals surface area contributed by atoms with Gasteiger partial charge in [-0.3, -0.25) is 0 Å². The van der Waals surface area contributed by atoms with Crippen molar-refractivity contribution >= 4 is 15.7 Å². The summed E-state index contributed by atoms with van der Waals surface area (Å²) in [5, 5.41) is 10.2. The van der Waals surface area contributed by atoms with E-state index < -0.39 is 32.2 Å². The average molecular weight is 320 g/mol. The van der Waals surface area contributed by atoms with Crippen molar-refractivity contribution < 1.29 is 22.3 Å². The SMILES string of the molecule is Nc1cc(F)c(F)c(S(=O)(=O)NCC2(O)CCCCC2)c1. The van der Waals surface area contributed by atoms with E-state index in [0.717, 1.165) is 25.3 Å². The third-order valence-corrected chi connectivity index (χ3v) is 5.08. The number of rotatable bonds is 4. The van der Waals surface area contributed by atoms with E-state index in [0.29, 0.717) is 18.9 Å². The Hall–Kier alpha value is -1.25. The zero-order valence-electron chi connectivity index (χ0n) is 11.4. The van der Waals surface area contributed by atoms with Crippen molar-refractivity contribution in [2.45, 2.75) is 42.6 Å². The van der Waals surface area contributed by atoms with E-state index in [2.05, 4.69) is 4.72 Å². The second-order valence-electron chi connectivity index (χ2n) is 5.42. The van der Waals surface area contributed by atoms with Crippen molar-refractivity contribution in [2.75, 3.05) is 12.3 Å². The third-order valence-electron chi connectivity index (χ3n) is 3.68. The Labute approximate surface area is 122 Å². The molecule has 0 heterocycles. The highest BCUT2D eigenvalue weighted by Gasteiger charge is 2.32. The lowest BCUT2D eigenvalue weighted by Gasteiger charge is -2.32. The van der Waals surface area contributed by atoms with Gasteiger partial charge in [0.1, 0.15) is 4.90 Å². The number of anilines is 1. The average Bonchev–Trinajstić information content (AvgIpc) is 2.42. The van der Waals surface area contributed by atoms with Gasteiger partial charge in [-0.15, -0.1) is 0 Å². The largest absolute Gasteiger partial charge is 0.399 e. The van der Waals surface area contributed by atoms with E-state index >= 15 is 0 Å². The molecule has 0 aromatic heterocycles. The minimum Gasteiger partial charge on any atom is -0.399 e. The molecule has 5 nitrogen and oxygen atoms in total. The number of sulfonamides is 1. The predicted octanol–water partition coefficient (Wildman–Crippen LogP) is 1.52. The van der Waals surface area contributed by atoms with Crippen molar-refractivity contribution in [3.05, 3.63) is 23.8 Å². The maximum absolute atomic E-state index is 13.6. The molecule has 1 aromatic rings. The Morgan fingerprint density at radius 3 is 2.48 bits per heavy atom. The molecule has 21 heavy (non-hydrogen) atoms. The van der Waals surface area contributed by atoms with Gasteiger partial charge in [0.2, 0.25) is 10.0 Å². The van der Waals surface area contributed by atoms with Crippen LogP contribution in [0, 0.1) is 11.6 Å². The lowest BCUT2D eigenvalue weighted by atomic mass is 9.85. The Balaban J connectivity index is 2.19. The molecule has 1 aromatic carbocycles. The van der Waals surface area contributed by atoms with Crippen LogP contribution in [0.5, 0.6) is 0 Å². The second kappa shape index (κ2) is 5.86. The highest BCUT2D eigenvalue weighted by Crippen LogP contribution is 2.28. The molecule has 8 heteroatoms. The van der Waals surface area contributed by atoms with Crippen molar-refractivity contribution in [2.24, 2.45) is 0 Å². The molecule has 1 saturated carbocycles. The van der Waals surface area contributed by atoms with Gasteiger partial charge < -0.3 is 10.8 Å². The van der Waals surface area contributed by atoms with Crippen LogP contribution in [-0.2, 0) is 10.0 Å². The smallest absolute Gasteiger partial charge is 0.243 e. The lowest BCUT2D eigenvalue weighted by Crippen LogP contribution is -2.44. The summed E-state index contributed by atoms with van der Waals surface area (Å²) in [6, 6.07) is 1.56. The summed E-state index contributed by atoms with van der Waals surface area (Å²) >= 11 is 0. The Kier molecular flexibility index (Phi) is 4.50. The molecule has 1 fully saturated rings. The first-order chi connectivity index (χ1) is 9.73. The summed E-state index contributed by atoms with van der Waals surface area (Å²) < 4.78 is 53.1. The summed E-state index contributed by atoms with van der Waals surface area (Å²) in [7, 11) is -4.28. The van der Waals surface area contributed by atoms with Gasteiger partial charge in [-0.05, 0) is 25.0 Å². The summed E-state index contributed by atoms with van der Waals surface area (Å²) in [6.07, 6.45) is 3.55. The third kappa shape index (κ3) is 3.69. The van der Waals surface area contributed by atoms with Crippen LogP contribution in [-0.4, -0.2) is 25.7 Å². The number of nitrogens with one attached hydrogen (secondary N) is 1. The molecule has 0 radical (unpaired) electrons. The highest BCUT2D eigenvalue weighted by molar-refractivity contribution is 7.89. The van der Waals surface area contributed by atoms with Gasteiger partial charge in [0.05, 0.1) is 5.60 Å². The van der Waals surface area contributed by atoms with Gasteiger partial charge in [-0.25, -0.2) is 21.9 Å². The Bertz CT molecular complexity index is 629. The molecule has 0 spiro atoms. The summed E-state index contributed by atoms with van der Waals surface area (Å²) in [5.41, 5.74) is 4.01. The van der Waals surface area contributed by atoms with E-state index in [1.54, 1.807) is 0 Å². The van der Waals surface area contributed by atoms with Crippen LogP contribution in [0.3, 0.4) is 0 Å². The molecule has 0 bridgehead atoms. The van der Waals surface area contributed by atoms with Crippen LogP contribution >= 0.6 is 0 Å². The number of nitrogen functional groups attached to an aromatic ring is 1. The molecule has 0 unspecified atom stereocenters. The monoisotopic (exact) mass is 320 g/mol. The van der Waals surface area contributed by atoms with E-state index in [1.807, 2.05) is 0 Å².